The van der Waals surface area contributed by atoms with E-state index in [1.807, 2.05) is 48.5 Å². The van der Waals surface area contributed by atoms with Crippen molar-refractivity contribution in [3.63, 3.8) is 0 Å². The summed E-state index contributed by atoms with van der Waals surface area (Å²) in [5.74, 6) is 1.21. The minimum absolute atomic E-state index is 0.169. The smallest absolute Gasteiger partial charge is 0.264 e. The van der Waals surface area contributed by atoms with Crippen molar-refractivity contribution in [2.75, 3.05) is 14.2 Å². The lowest BCUT2D eigenvalue weighted by Crippen LogP contribution is -2.18. The van der Waals surface area contributed by atoms with Crippen molar-refractivity contribution in [3.8, 4) is 34.0 Å². The van der Waals surface area contributed by atoms with E-state index in [1.165, 1.54) is 0 Å². The third-order valence-corrected chi connectivity index (χ3v) is 4.59. The molecule has 0 amide bonds. The van der Waals surface area contributed by atoms with E-state index >= 15 is 0 Å². The van der Waals surface area contributed by atoms with Crippen LogP contribution in [0.2, 0.25) is 0 Å². The largest absolute Gasteiger partial charge is 0.493 e. The van der Waals surface area contributed by atoms with Crippen molar-refractivity contribution in [2.24, 2.45) is 7.05 Å². The zero-order chi connectivity index (χ0) is 19.0. The summed E-state index contributed by atoms with van der Waals surface area (Å²) in [7, 11) is 4.89. The first-order valence-corrected chi connectivity index (χ1v) is 8.41. The second kappa shape index (κ2) is 6.64. The average Bonchev–Trinajstić information content (AvgIpc) is 3.15. The fourth-order valence-corrected chi connectivity index (χ4v) is 3.17. The Labute approximate surface area is 155 Å². The summed E-state index contributed by atoms with van der Waals surface area (Å²) in [5.41, 5.74) is 3.17. The summed E-state index contributed by atoms with van der Waals surface area (Å²) in [6.07, 6.45) is 0. The Kier molecular flexibility index (Phi) is 4.16. The summed E-state index contributed by atoms with van der Waals surface area (Å²) in [6, 6.07) is 16.8. The molecule has 6 nitrogen and oxygen atoms in total. The number of hydrogen-bond acceptors (Lipinski definition) is 5. The summed E-state index contributed by atoms with van der Waals surface area (Å²) in [5, 5.41) is 4.60. The zero-order valence-electron chi connectivity index (χ0n) is 15.2. The van der Waals surface area contributed by atoms with E-state index in [4.69, 9.17) is 14.0 Å². The maximum Gasteiger partial charge on any atom is 0.264 e. The van der Waals surface area contributed by atoms with E-state index in [0.717, 1.165) is 11.1 Å². The molecule has 0 aliphatic heterocycles. The molecule has 0 radical (unpaired) electrons. The highest BCUT2D eigenvalue weighted by Crippen LogP contribution is 2.33. The molecule has 0 bridgehead atoms. The first-order valence-electron chi connectivity index (χ1n) is 8.41. The minimum Gasteiger partial charge on any atom is -0.493 e. The van der Waals surface area contributed by atoms with Crippen LogP contribution >= 0.6 is 0 Å². The highest BCUT2D eigenvalue weighted by atomic mass is 16.5. The van der Waals surface area contributed by atoms with Gasteiger partial charge in [-0.05, 0) is 18.2 Å². The number of rotatable bonds is 4. The van der Waals surface area contributed by atoms with Crippen molar-refractivity contribution >= 4 is 11.0 Å². The first kappa shape index (κ1) is 16.9. The van der Waals surface area contributed by atoms with Crippen molar-refractivity contribution in [2.45, 2.75) is 0 Å². The maximum absolute atomic E-state index is 13.1. The van der Waals surface area contributed by atoms with Gasteiger partial charge in [-0.1, -0.05) is 35.5 Å². The van der Waals surface area contributed by atoms with Crippen LogP contribution in [0.25, 0.3) is 33.5 Å². The van der Waals surface area contributed by atoms with Crippen LogP contribution in [-0.4, -0.2) is 23.9 Å². The van der Waals surface area contributed by atoms with Crippen LogP contribution in [-0.2, 0) is 7.05 Å². The summed E-state index contributed by atoms with van der Waals surface area (Å²) in [4.78, 5) is 13.1. The quantitative estimate of drug-likeness (QED) is 0.551. The maximum atomic E-state index is 13.1. The molecule has 4 aromatic rings. The van der Waals surface area contributed by atoms with Crippen LogP contribution in [0.5, 0.6) is 11.5 Å². The molecule has 6 heteroatoms. The van der Waals surface area contributed by atoms with E-state index in [0.29, 0.717) is 33.9 Å². The summed E-state index contributed by atoms with van der Waals surface area (Å²) >= 11 is 0. The fourth-order valence-electron chi connectivity index (χ4n) is 3.17. The standard InChI is InChI=1S/C21H18N2O4/c1-23-15(14-9-10-16(25-2)17(11-14)26-3)12-18-19(21(23)24)20(22-27-18)13-7-5-4-6-8-13/h4-12H,1-3H3. The number of aromatic nitrogens is 2. The zero-order valence-corrected chi connectivity index (χ0v) is 15.2. The van der Waals surface area contributed by atoms with Crippen LogP contribution < -0.4 is 15.0 Å². The highest BCUT2D eigenvalue weighted by molar-refractivity contribution is 5.92. The first-order chi connectivity index (χ1) is 13.1. The molecule has 2 heterocycles. The van der Waals surface area contributed by atoms with Gasteiger partial charge in [0.2, 0.25) is 0 Å². The minimum atomic E-state index is -0.169. The van der Waals surface area contributed by atoms with Gasteiger partial charge in [-0.25, -0.2) is 0 Å². The molecule has 27 heavy (non-hydrogen) atoms. The number of pyridine rings is 1. The molecule has 2 aromatic carbocycles. The predicted octanol–water partition coefficient (Wildman–Crippen LogP) is 3.88. The normalized spacial score (nSPS) is 10.9. The SMILES string of the molecule is COc1ccc(-c2cc3onc(-c4ccccc4)c3c(=O)n2C)cc1OC. The molecule has 0 unspecified atom stereocenters. The molecule has 4 rings (SSSR count). The van der Waals surface area contributed by atoms with Crippen LogP contribution in [0.4, 0.5) is 0 Å². The fraction of sp³-hybridized carbons (Fsp3) is 0.143. The predicted molar refractivity (Wildman–Crippen MR) is 103 cm³/mol. The monoisotopic (exact) mass is 362 g/mol. The third kappa shape index (κ3) is 2.75. The summed E-state index contributed by atoms with van der Waals surface area (Å²) in [6.45, 7) is 0. The molecule has 0 atom stereocenters. The average molecular weight is 362 g/mol. The lowest BCUT2D eigenvalue weighted by molar-refractivity contribution is 0.355. The molecular weight excluding hydrogens is 344 g/mol. The van der Waals surface area contributed by atoms with Crippen LogP contribution in [0.3, 0.4) is 0 Å². The van der Waals surface area contributed by atoms with E-state index in [9.17, 15) is 4.79 Å². The molecule has 136 valence electrons. The third-order valence-electron chi connectivity index (χ3n) is 4.59. The molecular formula is C21H18N2O4. The van der Waals surface area contributed by atoms with Crippen LogP contribution in [0, 0.1) is 0 Å². The van der Waals surface area contributed by atoms with Gasteiger partial charge >= 0.3 is 0 Å². The van der Waals surface area contributed by atoms with E-state index < -0.39 is 0 Å². The molecule has 0 saturated heterocycles. The van der Waals surface area contributed by atoms with Gasteiger partial charge in [0, 0.05) is 24.2 Å². The molecule has 0 N–H and O–H groups in total. The highest BCUT2D eigenvalue weighted by Gasteiger charge is 2.18. The van der Waals surface area contributed by atoms with Crippen LogP contribution in [0.15, 0.2) is 63.9 Å². The van der Waals surface area contributed by atoms with Crippen LogP contribution in [0.1, 0.15) is 0 Å². The van der Waals surface area contributed by atoms with Crippen molar-refractivity contribution < 1.29 is 14.0 Å². The second-order valence-corrected chi connectivity index (χ2v) is 6.10. The van der Waals surface area contributed by atoms with Gasteiger partial charge in [0.15, 0.2) is 17.1 Å². The van der Waals surface area contributed by atoms with Gasteiger partial charge in [0.1, 0.15) is 11.1 Å². The number of hydrogen-bond donors (Lipinski definition) is 0. The van der Waals surface area contributed by atoms with Crippen molar-refractivity contribution in [1.29, 1.82) is 0 Å². The van der Waals surface area contributed by atoms with Gasteiger partial charge in [-0.15, -0.1) is 0 Å². The molecule has 0 aliphatic rings. The molecule has 0 aliphatic carbocycles. The Morgan fingerprint density at radius 2 is 1.67 bits per heavy atom. The number of benzene rings is 2. The lowest BCUT2D eigenvalue weighted by atomic mass is 10.1. The van der Waals surface area contributed by atoms with Crippen molar-refractivity contribution in [1.82, 2.24) is 9.72 Å². The Morgan fingerprint density at radius 1 is 0.926 bits per heavy atom. The number of ether oxygens (including phenoxy) is 2. The molecule has 0 fully saturated rings. The van der Waals surface area contributed by atoms with E-state index in [1.54, 1.807) is 31.9 Å². The van der Waals surface area contributed by atoms with E-state index in [-0.39, 0.29) is 5.56 Å². The van der Waals surface area contributed by atoms with Gasteiger partial charge in [0.25, 0.3) is 5.56 Å². The number of nitrogens with zero attached hydrogens (tertiary/aromatic N) is 2. The van der Waals surface area contributed by atoms with Gasteiger partial charge in [-0.2, -0.15) is 0 Å². The molecule has 0 spiro atoms. The Morgan fingerprint density at radius 3 is 2.37 bits per heavy atom. The Bertz CT molecular complexity index is 1180. The van der Waals surface area contributed by atoms with Crippen molar-refractivity contribution in [3.05, 3.63) is 65.0 Å². The topological polar surface area (TPSA) is 66.5 Å². The number of fused-ring (bicyclic) bond motifs is 1. The summed E-state index contributed by atoms with van der Waals surface area (Å²) < 4.78 is 17.7. The second-order valence-electron chi connectivity index (χ2n) is 6.10. The number of methoxy groups -OCH3 is 2. The lowest BCUT2D eigenvalue weighted by Gasteiger charge is -2.12. The Hall–Kier alpha value is -3.54. The van der Waals surface area contributed by atoms with Gasteiger partial charge in [-0.3, -0.25) is 4.79 Å². The van der Waals surface area contributed by atoms with E-state index in [2.05, 4.69) is 5.16 Å². The Balaban J connectivity index is 1.93. The van der Waals surface area contributed by atoms with Gasteiger partial charge < -0.3 is 18.6 Å². The van der Waals surface area contributed by atoms with Gasteiger partial charge in [0.05, 0.1) is 19.9 Å². The molecule has 2 aromatic heterocycles. The molecule has 0 saturated carbocycles.